The maximum Gasteiger partial charge on any atom is 0.296 e. The van der Waals surface area contributed by atoms with Crippen LogP contribution in [-0.4, -0.2) is 23.7 Å². The number of anilines is 2. The van der Waals surface area contributed by atoms with Crippen LogP contribution in [0.25, 0.3) is 0 Å². The number of amides is 1. The van der Waals surface area contributed by atoms with E-state index in [1.54, 1.807) is 11.6 Å². The molecule has 1 aromatic carbocycles. The number of Topliss-reactive ketones (excluding diaryl/α,β-unsaturated/α-hetero) is 1. The maximum absolute atomic E-state index is 11.6. The predicted molar refractivity (Wildman–Crippen MR) is 78.6 cm³/mol. The molecule has 0 fully saturated rings. The van der Waals surface area contributed by atoms with Crippen LogP contribution in [0.2, 0.25) is 5.02 Å². The summed E-state index contributed by atoms with van der Waals surface area (Å²) in [5.41, 5.74) is 4.28. The van der Waals surface area contributed by atoms with Crippen molar-refractivity contribution >= 4 is 46.0 Å². The van der Waals surface area contributed by atoms with Crippen LogP contribution >= 0.6 is 22.9 Å². The van der Waals surface area contributed by atoms with Gasteiger partial charge >= 0.3 is 0 Å². The summed E-state index contributed by atoms with van der Waals surface area (Å²) in [6.45, 7) is 0.601. The third kappa shape index (κ3) is 2.17. The molecule has 1 aliphatic rings. The molecule has 1 amide bonds. The number of nitrogens with one attached hydrogen (secondary N) is 1. The second-order valence-corrected chi connectivity index (χ2v) is 5.59. The lowest BCUT2D eigenvalue weighted by Gasteiger charge is -2.20. The zero-order valence-corrected chi connectivity index (χ0v) is 12.1. The molecule has 102 valence electrons. The highest BCUT2D eigenvalue weighted by atomic mass is 35.5. The van der Waals surface area contributed by atoms with E-state index in [9.17, 15) is 9.59 Å². The Hall–Kier alpha value is -1.92. The van der Waals surface area contributed by atoms with Crippen LogP contribution in [0.5, 0.6) is 0 Å². The number of ketones is 1. The molecule has 5 nitrogen and oxygen atoms in total. The van der Waals surface area contributed by atoms with Crippen molar-refractivity contribution in [2.24, 2.45) is 0 Å². The predicted octanol–water partition coefficient (Wildman–Crippen LogP) is 2.57. The van der Waals surface area contributed by atoms with Crippen molar-refractivity contribution in [3.05, 3.63) is 39.3 Å². The summed E-state index contributed by atoms with van der Waals surface area (Å²) in [7, 11) is 1.88. The van der Waals surface area contributed by atoms with E-state index < -0.39 is 11.7 Å². The van der Waals surface area contributed by atoms with Gasteiger partial charge in [0.05, 0.1) is 39.7 Å². The highest BCUT2D eigenvalue weighted by Gasteiger charge is 2.29. The second-order valence-electron chi connectivity index (χ2n) is 4.47. The smallest absolute Gasteiger partial charge is 0.296 e. The Labute approximate surface area is 124 Å². The number of halogens is 1. The van der Waals surface area contributed by atoms with Crippen LogP contribution in [0.1, 0.15) is 16.1 Å². The van der Waals surface area contributed by atoms with Gasteiger partial charge in [0, 0.05) is 12.4 Å². The minimum Gasteiger partial charge on any atom is -0.367 e. The number of thiazole rings is 1. The molecule has 0 unspecified atom stereocenters. The molecule has 1 aliphatic heterocycles. The molecular formula is C13H10ClN3O2S. The standard InChI is InChI=1S/C13H10ClN3O2S/c1-17(4-7-5-20-6-15-7)11-3-10-8(2-9(11)14)12(18)13(19)16-10/h2-3,5-6H,4H2,1H3,(H,16,18,19). The van der Waals surface area contributed by atoms with Crippen molar-refractivity contribution < 1.29 is 9.59 Å². The topological polar surface area (TPSA) is 62.3 Å². The van der Waals surface area contributed by atoms with Crippen molar-refractivity contribution in [1.82, 2.24) is 4.98 Å². The number of rotatable bonds is 3. The van der Waals surface area contributed by atoms with E-state index in [-0.39, 0.29) is 0 Å². The summed E-state index contributed by atoms with van der Waals surface area (Å²) >= 11 is 7.73. The van der Waals surface area contributed by atoms with Gasteiger partial charge in [-0.3, -0.25) is 9.59 Å². The summed E-state index contributed by atoms with van der Waals surface area (Å²) < 4.78 is 0. The number of hydrogen-bond acceptors (Lipinski definition) is 5. The van der Waals surface area contributed by atoms with Gasteiger partial charge in [-0.25, -0.2) is 4.98 Å². The van der Waals surface area contributed by atoms with Gasteiger partial charge in [-0.1, -0.05) is 11.6 Å². The summed E-state index contributed by atoms with van der Waals surface area (Å²) in [5.74, 6) is -1.16. The summed E-state index contributed by atoms with van der Waals surface area (Å²) in [4.78, 5) is 29.1. The van der Waals surface area contributed by atoms with Gasteiger partial charge in [-0.15, -0.1) is 11.3 Å². The molecule has 0 atom stereocenters. The van der Waals surface area contributed by atoms with Gasteiger partial charge in [0.1, 0.15) is 0 Å². The molecule has 7 heteroatoms. The maximum atomic E-state index is 11.6. The van der Waals surface area contributed by atoms with Crippen molar-refractivity contribution in [2.75, 3.05) is 17.3 Å². The Morgan fingerprint density at radius 2 is 2.20 bits per heavy atom. The van der Waals surface area contributed by atoms with Gasteiger partial charge in [-0.2, -0.15) is 0 Å². The Bertz CT molecular complexity index is 700. The van der Waals surface area contributed by atoms with Gasteiger partial charge in [0.2, 0.25) is 0 Å². The molecule has 0 radical (unpaired) electrons. The van der Waals surface area contributed by atoms with E-state index in [2.05, 4.69) is 10.3 Å². The SMILES string of the molecule is CN(Cc1cscn1)c1cc2c(cc1Cl)C(=O)C(=O)N2. The first kappa shape index (κ1) is 13.1. The molecule has 0 aliphatic carbocycles. The zero-order chi connectivity index (χ0) is 14.3. The van der Waals surface area contributed by atoms with Crippen LogP contribution in [0.4, 0.5) is 11.4 Å². The summed E-state index contributed by atoms with van der Waals surface area (Å²) in [6, 6.07) is 3.25. The highest BCUT2D eigenvalue weighted by Crippen LogP contribution is 2.35. The Morgan fingerprint density at radius 3 is 2.90 bits per heavy atom. The first-order chi connectivity index (χ1) is 9.56. The Morgan fingerprint density at radius 1 is 1.40 bits per heavy atom. The van der Waals surface area contributed by atoms with E-state index in [0.717, 1.165) is 11.4 Å². The fourth-order valence-corrected chi connectivity index (χ4v) is 2.95. The lowest BCUT2D eigenvalue weighted by Crippen LogP contribution is -2.17. The van der Waals surface area contributed by atoms with Crippen LogP contribution in [0, 0.1) is 0 Å². The fraction of sp³-hybridized carbons (Fsp3) is 0.154. The van der Waals surface area contributed by atoms with Crippen LogP contribution < -0.4 is 10.2 Å². The molecule has 0 bridgehead atoms. The minimum atomic E-state index is -0.615. The number of nitrogens with zero attached hydrogens (tertiary/aromatic N) is 2. The van der Waals surface area contributed by atoms with E-state index in [0.29, 0.717) is 22.8 Å². The first-order valence-corrected chi connectivity index (χ1v) is 7.16. The number of fused-ring (bicyclic) bond motifs is 1. The average Bonchev–Trinajstić information content (AvgIpc) is 3.00. The number of aromatic nitrogens is 1. The second kappa shape index (κ2) is 4.88. The molecular weight excluding hydrogens is 298 g/mol. The Balaban J connectivity index is 1.93. The molecule has 0 saturated carbocycles. The van der Waals surface area contributed by atoms with Crippen LogP contribution in [0.3, 0.4) is 0 Å². The van der Waals surface area contributed by atoms with Crippen molar-refractivity contribution in [3.63, 3.8) is 0 Å². The zero-order valence-electron chi connectivity index (χ0n) is 10.5. The van der Waals surface area contributed by atoms with Crippen molar-refractivity contribution in [3.8, 4) is 0 Å². The number of carbonyl (C=O) groups is 2. The summed E-state index contributed by atoms with van der Waals surface area (Å²) in [5, 5.41) is 4.94. The van der Waals surface area contributed by atoms with E-state index in [1.807, 2.05) is 17.3 Å². The molecule has 1 N–H and O–H groups in total. The lowest BCUT2D eigenvalue weighted by atomic mass is 10.1. The van der Waals surface area contributed by atoms with Gasteiger partial charge in [0.25, 0.3) is 11.7 Å². The normalized spacial score (nSPS) is 13.3. The van der Waals surface area contributed by atoms with Gasteiger partial charge in [0.15, 0.2) is 0 Å². The van der Waals surface area contributed by atoms with E-state index in [1.165, 1.54) is 17.4 Å². The Kier molecular flexibility index (Phi) is 3.19. The average molecular weight is 308 g/mol. The fourth-order valence-electron chi connectivity index (χ4n) is 2.09. The quantitative estimate of drug-likeness (QED) is 0.885. The van der Waals surface area contributed by atoms with E-state index >= 15 is 0 Å². The molecule has 0 saturated heterocycles. The third-order valence-electron chi connectivity index (χ3n) is 3.08. The number of carbonyl (C=O) groups excluding carboxylic acids is 2. The number of benzene rings is 1. The molecule has 2 aromatic rings. The van der Waals surface area contributed by atoms with Gasteiger partial charge in [-0.05, 0) is 12.1 Å². The van der Waals surface area contributed by atoms with Crippen molar-refractivity contribution in [2.45, 2.75) is 6.54 Å². The molecule has 2 heterocycles. The molecule has 20 heavy (non-hydrogen) atoms. The van der Waals surface area contributed by atoms with Crippen LogP contribution in [0.15, 0.2) is 23.0 Å². The highest BCUT2D eigenvalue weighted by molar-refractivity contribution is 7.07. The number of hydrogen-bond donors (Lipinski definition) is 1. The largest absolute Gasteiger partial charge is 0.367 e. The molecule has 0 spiro atoms. The minimum absolute atomic E-state index is 0.325. The lowest BCUT2D eigenvalue weighted by molar-refractivity contribution is -0.112. The third-order valence-corrected chi connectivity index (χ3v) is 4.02. The first-order valence-electron chi connectivity index (χ1n) is 5.83. The van der Waals surface area contributed by atoms with Gasteiger partial charge < -0.3 is 10.2 Å². The molecule has 3 rings (SSSR count). The molecule has 1 aromatic heterocycles. The van der Waals surface area contributed by atoms with E-state index in [4.69, 9.17) is 11.6 Å². The van der Waals surface area contributed by atoms with Crippen LogP contribution in [-0.2, 0) is 11.3 Å². The van der Waals surface area contributed by atoms with Crippen molar-refractivity contribution in [1.29, 1.82) is 0 Å². The monoisotopic (exact) mass is 307 g/mol. The summed E-state index contributed by atoms with van der Waals surface area (Å²) in [6.07, 6.45) is 0.